The lowest BCUT2D eigenvalue weighted by Gasteiger charge is -2.22. The Morgan fingerprint density at radius 2 is 2.20 bits per heavy atom. The molecule has 0 saturated carbocycles. The number of carbonyl (C=O) groups excluding carboxylic acids is 1. The summed E-state index contributed by atoms with van der Waals surface area (Å²) in [5, 5.41) is 9.70. The number of benzene rings is 2. The third-order valence-electron chi connectivity index (χ3n) is 4.88. The standard InChI is InChI=1S/C21H19FN4O2S2/c22-17-4-2-1-3-15(17)16(11-27)21(28)26-9-13(18(23)10-26)8-25-30-14-5-6-19-20(7-14)29-12-24-19/h1-8,12,16,27H,9-11,23H2. The number of hydrogen-bond acceptors (Lipinski definition) is 7. The van der Waals surface area contributed by atoms with Crippen LogP contribution in [0.3, 0.4) is 0 Å². The summed E-state index contributed by atoms with van der Waals surface area (Å²) < 4.78 is 19.6. The van der Waals surface area contributed by atoms with Crippen molar-refractivity contribution >= 4 is 45.6 Å². The highest BCUT2D eigenvalue weighted by Gasteiger charge is 2.31. The van der Waals surface area contributed by atoms with Crippen LogP contribution in [0.1, 0.15) is 11.5 Å². The summed E-state index contributed by atoms with van der Waals surface area (Å²) >= 11 is 2.88. The van der Waals surface area contributed by atoms with Crippen molar-refractivity contribution in [3.63, 3.8) is 0 Å². The lowest BCUT2D eigenvalue weighted by molar-refractivity contribution is -0.132. The number of hydrogen-bond donors (Lipinski definition) is 2. The van der Waals surface area contributed by atoms with Gasteiger partial charge in [0.25, 0.3) is 0 Å². The Labute approximate surface area is 181 Å². The van der Waals surface area contributed by atoms with E-state index in [0.717, 1.165) is 20.7 Å². The Morgan fingerprint density at radius 3 is 3.00 bits per heavy atom. The van der Waals surface area contributed by atoms with Gasteiger partial charge in [-0.2, -0.15) is 0 Å². The fourth-order valence-corrected chi connectivity index (χ4v) is 4.67. The van der Waals surface area contributed by atoms with E-state index in [2.05, 4.69) is 9.38 Å². The zero-order chi connectivity index (χ0) is 21.1. The number of amides is 1. The average molecular weight is 443 g/mol. The molecular formula is C21H19FN4O2S2. The number of nitrogens with two attached hydrogens (primary N) is 1. The maximum atomic E-state index is 14.1. The fraction of sp³-hybridized carbons (Fsp3) is 0.190. The topological polar surface area (TPSA) is 91.8 Å². The predicted molar refractivity (Wildman–Crippen MR) is 118 cm³/mol. The van der Waals surface area contributed by atoms with Gasteiger partial charge in [-0.25, -0.2) is 13.8 Å². The Morgan fingerprint density at radius 1 is 1.37 bits per heavy atom. The number of fused-ring (bicyclic) bond motifs is 1. The molecule has 6 nitrogen and oxygen atoms in total. The first kappa shape index (κ1) is 20.5. The molecule has 1 aliphatic rings. The van der Waals surface area contributed by atoms with Crippen LogP contribution in [-0.2, 0) is 4.79 Å². The van der Waals surface area contributed by atoms with Crippen molar-refractivity contribution in [3.05, 3.63) is 70.6 Å². The molecule has 3 N–H and O–H groups in total. The summed E-state index contributed by atoms with van der Waals surface area (Å²) in [6.45, 7) is 0.0195. The van der Waals surface area contributed by atoms with Gasteiger partial charge in [0.2, 0.25) is 5.91 Å². The summed E-state index contributed by atoms with van der Waals surface area (Å²) in [7, 11) is 0. The normalized spacial score (nSPS) is 15.5. The molecule has 0 spiro atoms. The molecule has 154 valence electrons. The second kappa shape index (κ2) is 8.95. The maximum Gasteiger partial charge on any atom is 0.233 e. The largest absolute Gasteiger partial charge is 0.400 e. The van der Waals surface area contributed by atoms with Gasteiger partial charge in [-0.05, 0) is 24.3 Å². The van der Waals surface area contributed by atoms with E-state index in [1.165, 1.54) is 29.0 Å². The molecule has 1 aromatic heterocycles. The van der Waals surface area contributed by atoms with Gasteiger partial charge in [-0.1, -0.05) is 18.2 Å². The van der Waals surface area contributed by atoms with Crippen LogP contribution in [0, 0.1) is 5.82 Å². The van der Waals surface area contributed by atoms with Crippen LogP contribution >= 0.6 is 23.3 Å². The van der Waals surface area contributed by atoms with Crippen LogP contribution in [0.4, 0.5) is 4.39 Å². The van der Waals surface area contributed by atoms with E-state index in [-0.39, 0.29) is 24.6 Å². The average Bonchev–Trinajstić information content (AvgIpc) is 3.36. The van der Waals surface area contributed by atoms with Crippen molar-refractivity contribution in [2.24, 2.45) is 10.1 Å². The molecule has 30 heavy (non-hydrogen) atoms. The van der Waals surface area contributed by atoms with Crippen LogP contribution in [0.2, 0.25) is 0 Å². The Balaban J connectivity index is 1.41. The van der Waals surface area contributed by atoms with Crippen molar-refractivity contribution in [1.29, 1.82) is 0 Å². The molecule has 3 aromatic rings. The van der Waals surface area contributed by atoms with Gasteiger partial charge in [-0.3, -0.25) is 4.79 Å². The van der Waals surface area contributed by atoms with Crippen LogP contribution < -0.4 is 5.73 Å². The fourth-order valence-electron chi connectivity index (χ4n) is 3.28. The lowest BCUT2D eigenvalue weighted by Crippen LogP contribution is -2.36. The van der Waals surface area contributed by atoms with E-state index < -0.39 is 18.3 Å². The zero-order valence-corrected chi connectivity index (χ0v) is 17.5. The quantitative estimate of drug-likeness (QED) is 0.451. The Hall–Kier alpha value is -2.75. The number of nitrogens with zero attached hydrogens (tertiary/aromatic N) is 3. The molecule has 1 atom stereocenters. The van der Waals surface area contributed by atoms with E-state index in [9.17, 15) is 14.3 Å². The molecule has 0 bridgehead atoms. The molecule has 0 aliphatic carbocycles. The van der Waals surface area contributed by atoms with Gasteiger partial charge < -0.3 is 15.7 Å². The summed E-state index contributed by atoms with van der Waals surface area (Å²) in [6.07, 6.45) is 1.65. The van der Waals surface area contributed by atoms with Crippen molar-refractivity contribution in [3.8, 4) is 0 Å². The molecule has 0 radical (unpaired) electrons. The van der Waals surface area contributed by atoms with E-state index >= 15 is 0 Å². The van der Waals surface area contributed by atoms with E-state index in [4.69, 9.17) is 5.73 Å². The van der Waals surface area contributed by atoms with Gasteiger partial charge >= 0.3 is 0 Å². The van der Waals surface area contributed by atoms with Crippen LogP contribution in [0.15, 0.2) is 68.5 Å². The molecule has 0 saturated heterocycles. The van der Waals surface area contributed by atoms with Gasteiger partial charge in [-0.15, -0.1) is 11.3 Å². The monoisotopic (exact) mass is 442 g/mol. The van der Waals surface area contributed by atoms with E-state index in [1.54, 1.807) is 35.2 Å². The van der Waals surface area contributed by atoms with Crippen LogP contribution in [0.5, 0.6) is 0 Å². The molecule has 4 rings (SSSR count). The molecule has 1 aliphatic heterocycles. The molecule has 0 fully saturated rings. The summed E-state index contributed by atoms with van der Waals surface area (Å²) in [6, 6.07) is 11.9. The second-order valence-corrected chi connectivity index (χ2v) is 8.56. The van der Waals surface area contributed by atoms with Gasteiger partial charge in [0, 0.05) is 46.4 Å². The van der Waals surface area contributed by atoms with Gasteiger partial charge in [0.05, 0.1) is 34.8 Å². The zero-order valence-electron chi connectivity index (χ0n) is 15.9. The number of aliphatic hydroxyl groups excluding tert-OH is 1. The smallest absolute Gasteiger partial charge is 0.233 e. The van der Waals surface area contributed by atoms with Crippen molar-refractivity contribution < 1.29 is 14.3 Å². The number of thiazole rings is 1. The van der Waals surface area contributed by atoms with Crippen LogP contribution in [0.25, 0.3) is 10.2 Å². The number of aromatic nitrogens is 1. The van der Waals surface area contributed by atoms with Crippen molar-refractivity contribution in [2.45, 2.75) is 10.8 Å². The molecule has 9 heteroatoms. The lowest BCUT2D eigenvalue weighted by atomic mass is 9.98. The van der Waals surface area contributed by atoms with Crippen LogP contribution in [-0.4, -0.2) is 46.8 Å². The van der Waals surface area contributed by atoms with Gasteiger partial charge in [0.15, 0.2) is 0 Å². The minimum absolute atomic E-state index is 0.180. The first-order valence-corrected chi connectivity index (χ1v) is 10.9. The van der Waals surface area contributed by atoms with Gasteiger partial charge in [0.1, 0.15) is 5.82 Å². The highest BCUT2D eigenvalue weighted by atomic mass is 32.2. The summed E-state index contributed by atoms with van der Waals surface area (Å²) in [4.78, 5) is 19.6. The number of aliphatic hydroxyl groups is 1. The summed E-state index contributed by atoms with van der Waals surface area (Å²) in [5.41, 5.74) is 10.3. The first-order chi connectivity index (χ1) is 14.6. The summed E-state index contributed by atoms with van der Waals surface area (Å²) in [5.74, 6) is -1.84. The molecule has 1 amide bonds. The number of halogens is 1. The molecule has 1 unspecified atom stereocenters. The van der Waals surface area contributed by atoms with Crippen molar-refractivity contribution in [2.75, 3.05) is 19.7 Å². The van der Waals surface area contributed by atoms with E-state index in [1.807, 2.05) is 18.2 Å². The third kappa shape index (κ3) is 4.23. The molecular weight excluding hydrogens is 423 g/mol. The molecule has 2 heterocycles. The van der Waals surface area contributed by atoms with Crippen molar-refractivity contribution in [1.82, 2.24) is 9.88 Å². The highest BCUT2D eigenvalue weighted by molar-refractivity contribution is 7.98. The minimum Gasteiger partial charge on any atom is -0.400 e. The highest BCUT2D eigenvalue weighted by Crippen LogP contribution is 2.27. The Kier molecular flexibility index (Phi) is 6.12. The third-order valence-corrected chi connectivity index (χ3v) is 6.34. The first-order valence-electron chi connectivity index (χ1n) is 9.22. The molecule has 2 aromatic carbocycles. The Bertz CT molecular complexity index is 1140. The maximum absolute atomic E-state index is 14.1. The van der Waals surface area contributed by atoms with E-state index in [0.29, 0.717) is 5.70 Å². The minimum atomic E-state index is -0.962. The second-order valence-electron chi connectivity index (χ2n) is 6.81. The number of carbonyl (C=O) groups is 1. The SMILES string of the molecule is NC1=C(C=NSc2ccc3ncsc3c2)CN(C(=O)C(CO)c2ccccc2F)C1. The predicted octanol–water partition coefficient (Wildman–Crippen LogP) is 3.34. The number of rotatable bonds is 6.